The minimum atomic E-state index is -0.853. The minimum Gasteiger partial charge on any atom is -0.257 e. The van der Waals surface area contributed by atoms with Gasteiger partial charge in [-0.3, -0.25) is 9.98 Å². The van der Waals surface area contributed by atoms with Crippen molar-refractivity contribution < 1.29 is 8.78 Å². The number of hydrogen-bond donors (Lipinski definition) is 0. The van der Waals surface area contributed by atoms with Gasteiger partial charge in [0.25, 0.3) is 0 Å². The molecule has 0 amide bonds. The fourth-order valence-corrected chi connectivity index (χ4v) is 2.89. The van der Waals surface area contributed by atoms with Crippen molar-refractivity contribution in [2.24, 2.45) is 4.99 Å². The summed E-state index contributed by atoms with van der Waals surface area (Å²) in [7, 11) is 0. The van der Waals surface area contributed by atoms with Crippen LogP contribution in [0.15, 0.2) is 59.7 Å². The normalized spacial score (nSPS) is 13.8. The number of para-hydroxylation sites is 2. The van der Waals surface area contributed by atoms with Gasteiger partial charge in [0, 0.05) is 23.9 Å². The van der Waals surface area contributed by atoms with Gasteiger partial charge in [-0.25, -0.2) is 13.8 Å². The molecule has 0 bridgehead atoms. The number of aryl methyl sites for hydroxylation is 1. The smallest absolute Gasteiger partial charge is 0.168 e. The van der Waals surface area contributed by atoms with E-state index in [4.69, 9.17) is 0 Å². The molecule has 0 radical (unpaired) electrons. The van der Waals surface area contributed by atoms with Crippen LogP contribution in [-0.2, 0) is 6.42 Å². The quantitative estimate of drug-likeness (QED) is 0.691. The predicted octanol–water partition coefficient (Wildman–Crippen LogP) is 4.73. The first-order chi connectivity index (χ1) is 12.2. The van der Waals surface area contributed by atoms with Crippen molar-refractivity contribution in [1.82, 2.24) is 9.97 Å². The van der Waals surface area contributed by atoms with Crippen molar-refractivity contribution in [1.29, 1.82) is 0 Å². The van der Waals surface area contributed by atoms with Gasteiger partial charge in [-0.05, 0) is 37.1 Å². The number of fused-ring (bicyclic) bond motifs is 1. The number of nitrogens with zero attached hydrogens (tertiary/aromatic N) is 3. The zero-order chi connectivity index (χ0) is 17.2. The van der Waals surface area contributed by atoms with Crippen molar-refractivity contribution in [2.75, 3.05) is 0 Å². The Morgan fingerprint density at radius 3 is 2.64 bits per heavy atom. The van der Waals surface area contributed by atoms with E-state index in [2.05, 4.69) is 15.0 Å². The van der Waals surface area contributed by atoms with Crippen LogP contribution < -0.4 is 0 Å². The molecule has 5 heteroatoms. The van der Waals surface area contributed by atoms with E-state index >= 15 is 0 Å². The van der Waals surface area contributed by atoms with E-state index in [-0.39, 0.29) is 5.56 Å². The molecule has 4 rings (SSSR count). The van der Waals surface area contributed by atoms with E-state index in [1.165, 1.54) is 6.07 Å². The zero-order valence-electron chi connectivity index (χ0n) is 13.4. The van der Waals surface area contributed by atoms with E-state index in [9.17, 15) is 8.78 Å². The molecule has 3 aromatic rings. The van der Waals surface area contributed by atoms with E-state index in [0.29, 0.717) is 25.0 Å². The predicted molar refractivity (Wildman–Crippen MR) is 94.2 cm³/mol. The van der Waals surface area contributed by atoms with Crippen LogP contribution in [0.4, 0.5) is 8.78 Å². The summed E-state index contributed by atoms with van der Waals surface area (Å²) < 4.78 is 27.2. The molecule has 0 saturated heterocycles. The van der Waals surface area contributed by atoms with Crippen molar-refractivity contribution >= 4 is 22.4 Å². The third-order valence-electron chi connectivity index (χ3n) is 4.21. The average molecular weight is 335 g/mol. The Bertz CT molecular complexity index is 1010. The molecular formula is C20H15F2N3. The van der Waals surface area contributed by atoms with Crippen molar-refractivity contribution in [3.63, 3.8) is 0 Å². The van der Waals surface area contributed by atoms with Gasteiger partial charge in [0.2, 0.25) is 0 Å². The Labute approximate surface area is 143 Å². The van der Waals surface area contributed by atoms with Gasteiger partial charge < -0.3 is 0 Å². The highest BCUT2D eigenvalue weighted by Crippen LogP contribution is 2.27. The molecule has 3 nitrogen and oxygen atoms in total. The number of rotatable bonds is 4. The minimum absolute atomic E-state index is 0.209. The highest BCUT2D eigenvalue weighted by molar-refractivity contribution is 5.96. The topological polar surface area (TPSA) is 38.1 Å². The van der Waals surface area contributed by atoms with Crippen LogP contribution in [0.3, 0.4) is 0 Å². The summed E-state index contributed by atoms with van der Waals surface area (Å²) in [5.41, 5.74) is 4.28. The van der Waals surface area contributed by atoms with E-state index in [0.717, 1.165) is 28.5 Å². The number of allylic oxidation sites excluding steroid dienone is 1. The monoisotopic (exact) mass is 335 g/mol. The molecule has 1 aliphatic heterocycles. The molecule has 0 spiro atoms. The second kappa shape index (κ2) is 6.51. The van der Waals surface area contributed by atoms with Crippen LogP contribution in [0.1, 0.15) is 24.1 Å². The number of hydrogen-bond acceptors (Lipinski definition) is 3. The van der Waals surface area contributed by atoms with Crippen LogP contribution in [0, 0.1) is 11.6 Å². The molecule has 0 unspecified atom stereocenters. The Morgan fingerprint density at radius 2 is 1.76 bits per heavy atom. The molecule has 1 aliphatic rings. The second-order valence-corrected chi connectivity index (χ2v) is 5.92. The Morgan fingerprint density at radius 1 is 0.920 bits per heavy atom. The molecule has 0 aliphatic carbocycles. The largest absolute Gasteiger partial charge is 0.257 e. The van der Waals surface area contributed by atoms with Gasteiger partial charge >= 0.3 is 0 Å². The molecule has 124 valence electrons. The first kappa shape index (κ1) is 15.6. The zero-order valence-corrected chi connectivity index (χ0v) is 13.4. The fraction of sp³-hybridized carbons (Fsp3) is 0.150. The maximum Gasteiger partial charge on any atom is 0.168 e. The number of halogens is 2. The molecule has 2 aromatic carbocycles. The Hall–Kier alpha value is -2.95. The second-order valence-electron chi connectivity index (χ2n) is 5.92. The van der Waals surface area contributed by atoms with Gasteiger partial charge in [-0.1, -0.05) is 24.3 Å². The third kappa shape index (κ3) is 3.18. The maximum absolute atomic E-state index is 13.9. The van der Waals surface area contributed by atoms with Crippen LogP contribution in [0.25, 0.3) is 16.7 Å². The summed E-state index contributed by atoms with van der Waals surface area (Å²) in [6.07, 6.45) is 5.68. The van der Waals surface area contributed by atoms with Crippen molar-refractivity contribution in [2.45, 2.75) is 19.3 Å². The van der Waals surface area contributed by atoms with Gasteiger partial charge in [-0.2, -0.15) is 0 Å². The first-order valence-corrected chi connectivity index (χ1v) is 8.12. The van der Waals surface area contributed by atoms with E-state index < -0.39 is 11.6 Å². The summed E-state index contributed by atoms with van der Waals surface area (Å²) >= 11 is 0. The molecular weight excluding hydrogens is 320 g/mol. The lowest BCUT2D eigenvalue weighted by Crippen LogP contribution is -2.00. The molecule has 2 heterocycles. The molecule has 0 saturated carbocycles. The SMILES string of the molecule is Fc1cccc(C2=CCC(CCc3cnc4ccccc4n3)=N2)c1F. The first-order valence-electron chi connectivity index (χ1n) is 8.12. The summed E-state index contributed by atoms with van der Waals surface area (Å²) in [5.74, 6) is -1.70. The number of aromatic nitrogens is 2. The summed E-state index contributed by atoms with van der Waals surface area (Å²) in [5, 5.41) is 0. The number of benzene rings is 2. The highest BCUT2D eigenvalue weighted by atomic mass is 19.2. The van der Waals surface area contributed by atoms with Crippen molar-refractivity contribution in [3.05, 3.63) is 77.6 Å². The van der Waals surface area contributed by atoms with Gasteiger partial charge in [0.1, 0.15) is 0 Å². The van der Waals surface area contributed by atoms with E-state index in [1.807, 2.05) is 30.3 Å². The molecule has 0 N–H and O–H groups in total. The summed E-state index contributed by atoms with van der Waals surface area (Å²) in [6, 6.07) is 11.9. The van der Waals surface area contributed by atoms with Crippen LogP contribution in [0.5, 0.6) is 0 Å². The fourth-order valence-electron chi connectivity index (χ4n) is 2.89. The van der Waals surface area contributed by atoms with Crippen molar-refractivity contribution in [3.8, 4) is 0 Å². The lowest BCUT2D eigenvalue weighted by molar-refractivity contribution is 0.506. The number of aliphatic imine (C=N–C) groups is 1. The third-order valence-corrected chi connectivity index (χ3v) is 4.21. The van der Waals surface area contributed by atoms with E-state index in [1.54, 1.807) is 12.3 Å². The van der Waals surface area contributed by atoms with Gasteiger partial charge in [0.05, 0.1) is 22.4 Å². The molecule has 0 fully saturated rings. The highest BCUT2D eigenvalue weighted by Gasteiger charge is 2.16. The Kier molecular flexibility index (Phi) is 4.06. The van der Waals surface area contributed by atoms with Crippen LogP contribution >= 0.6 is 0 Å². The van der Waals surface area contributed by atoms with Gasteiger partial charge in [0.15, 0.2) is 11.6 Å². The molecule has 25 heavy (non-hydrogen) atoms. The standard InChI is InChI=1S/C20H15F2N3/c21-16-5-3-4-15(20(16)22)17-11-10-13(24-17)8-9-14-12-23-18-6-1-2-7-19(18)25-14/h1-7,11-12H,8-10H2. The van der Waals surface area contributed by atoms with Crippen LogP contribution in [-0.4, -0.2) is 15.7 Å². The average Bonchev–Trinajstić information content (AvgIpc) is 3.11. The molecule has 0 atom stereocenters. The summed E-state index contributed by atoms with van der Waals surface area (Å²) in [4.78, 5) is 13.5. The maximum atomic E-state index is 13.9. The van der Waals surface area contributed by atoms with Crippen LogP contribution in [0.2, 0.25) is 0 Å². The lowest BCUT2D eigenvalue weighted by atomic mass is 10.1. The lowest BCUT2D eigenvalue weighted by Gasteiger charge is -2.03. The Balaban J connectivity index is 1.48. The molecule has 1 aromatic heterocycles. The van der Waals surface area contributed by atoms with Gasteiger partial charge in [-0.15, -0.1) is 0 Å². The summed E-state index contributed by atoms with van der Waals surface area (Å²) in [6.45, 7) is 0.